The van der Waals surface area contributed by atoms with Gasteiger partial charge in [0.2, 0.25) is 5.22 Å². The quantitative estimate of drug-likeness (QED) is 0.421. The lowest BCUT2D eigenvalue weighted by atomic mass is 10.1. The van der Waals surface area contributed by atoms with Crippen LogP contribution in [0.2, 0.25) is 5.22 Å². The van der Waals surface area contributed by atoms with Crippen molar-refractivity contribution < 1.29 is 4.42 Å². The van der Waals surface area contributed by atoms with E-state index >= 15 is 0 Å². The van der Waals surface area contributed by atoms with E-state index in [9.17, 15) is 0 Å². The van der Waals surface area contributed by atoms with Crippen LogP contribution in [0.15, 0.2) is 69.6 Å². The van der Waals surface area contributed by atoms with Gasteiger partial charge in [0, 0.05) is 20.9 Å². The third-order valence-electron chi connectivity index (χ3n) is 3.67. The zero-order valence-electron chi connectivity index (χ0n) is 11.4. The van der Waals surface area contributed by atoms with Crippen molar-refractivity contribution in [2.45, 2.75) is 0 Å². The number of hydrogen-bond donors (Lipinski definition) is 1. The molecule has 4 aromatic rings. The van der Waals surface area contributed by atoms with Gasteiger partial charge in [-0.3, -0.25) is 0 Å². The summed E-state index contributed by atoms with van der Waals surface area (Å²) in [4.78, 5) is 0. The molecule has 1 N–H and O–H groups in total. The molecule has 1 heterocycles. The molecular formula is C18H11BrClNO. The van der Waals surface area contributed by atoms with Crippen LogP contribution < -0.4 is 5.32 Å². The molecule has 0 unspecified atom stereocenters. The Labute approximate surface area is 140 Å². The molecule has 0 saturated carbocycles. The smallest absolute Gasteiger partial charge is 0.218 e. The number of fused-ring (bicyclic) bond motifs is 2. The Morgan fingerprint density at radius 3 is 2.55 bits per heavy atom. The SMILES string of the molecule is Clc1oc2ccccc2c1Nc1cccc2cccc(Br)c12. The van der Waals surface area contributed by atoms with E-state index in [2.05, 4.69) is 33.4 Å². The average Bonchev–Trinajstić information content (AvgIpc) is 2.84. The molecule has 2 nitrogen and oxygen atoms in total. The summed E-state index contributed by atoms with van der Waals surface area (Å²) in [5, 5.41) is 7.03. The largest absolute Gasteiger partial charge is 0.442 e. The van der Waals surface area contributed by atoms with Gasteiger partial charge in [-0.2, -0.15) is 0 Å². The molecule has 0 atom stereocenters. The van der Waals surface area contributed by atoms with Crippen molar-refractivity contribution in [1.82, 2.24) is 0 Å². The monoisotopic (exact) mass is 371 g/mol. The summed E-state index contributed by atoms with van der Waals surface area (Å²) in [5.41, 5.74) is 2.55. The zero-order valence-corrected chi connectivity index (χ0v) is 13.8. The van der Waals surface area contributed by atoms with Gasteiger partial charge >= 0.3 is 0 Å². The lowest BCUT2D eigenvalue weighted by molar-refractivity contribution is 0.619. The first-order valence-corrected chi connectivity index (χ1v) is 8.02. The minimum atomic E-state index is 0.366. The summed E-state index contributed by atoms with van der Waals surface area (Å²) in [7, 11) is 0. The van der Waals surface area contributed by atoms with Crippen molar-refractivity contribution in [3.05, 3.63) is 70.4 Å². The van der Waals surface area contributed by atoms with E-state index in [0.717, 1.165) is 37.6 Å². The van der Waals surface area contributed by atoms with Gasteiger partial charge in [-0.1, -0.05) is 52.3 Å². The highest BCUT2D eigenvalue weighted by Gasteiger charge is 2.14. The maximum Gasteiger partial charge on any atom is 0.218 e. The van der Waals surface area contributed by atoms with E-state index in [1.807, 2.05) is 48.5 Å². The number of para-hydroxylation sites is 1. The van der Waals surface area contributed by atoms with E-state index in [4.69, 9.17) is 16.0 Å². The van der Waals surface area contributed by atoms with Crippen molar-refractivity contribution >= 4 is 60.6 Å². The Kier molecular flexibility index (Phi) is 3.32. The predicted octanol–water partition coefficient (Wildman–Crippen LogP) is 6.75. The van der Waals surface area contributed by atoms with Gasteiger partial charge < -0.3 is 9.73 Å². The minimum Gasteiger partial charge on any atom is -0.442 e. The normalized spacial score (nSPS) is 11.2. The molecule has 1 aromatic heterocycles. The van der Waals surface area contributed by atoms with E-state index in [1.54, 1.807) is 0 Å². The van der Waals surface area contributed by atoms with Crippen LogP contribution >= 0.6 is 27.5 Å². The fourth-order valence-electron chi connectivity index (χ4n) is 2.67. The molecule has 22 heavy (non-hydrogen) atoms. The van der Waals surface area contributed by atoms with Gasteiger partial charge in [-0.15, -0.1) is 0 Å². The molecule has 108 valence electrons. The fraction of sp³-hybridized carbons (Fsp3) is 0. The second-order valence-electron chi connectivity index (χ2n) is 5.02. The summed E-state index contributed by atoms with van der Waals surface area (Å²) in [6.45, 7) is 0. The van der Waals surface area contributed by atoms with Gasteiger partial charge in [0.25, 0.3) is 0 Å². The zero-order chi connectivity index (χ0) is 15.1. The average molecular weight is 373 g/mol. The molecule has 0 aliphatic rings. The van der Waals surface area contributed by atoms with Gasteiger partial charge in [0.05, 0.1) is 0 Å². The molecule has 0 amide bonds. The number of halogens is 2. The van der Waals surface area contributed by atoms with E-state index < -0.39 is 0 Å². The molecule has 0 fully saturated rings. The van der Waals surface area contributed by atoms with Crippen LogP contribution in [0.25, 0.3) is 21.7 Å². The van der Waals surface area contributed by atoms with E-state index in [0.29, 0.717) is 5.22 Å². The van der Waals surface area contributed by atoms with Crippen LogP contribution in [-0.2, 0) is 0 Å². The van der Waals surface area contributed by atoms with Crippen LogP contribution in [0, 0.1) is 0 Å². The van der Waals surface area contributed by atoms with Crippen LogP contribution in [0.4, 0.5) is 11.4 Å². The second-order valence-corrected chi connectivity index (χ2v) is 6.21. The number of rotatable bonds is 2. The van der Waals surface area contributed by atoms with Crippen LogP contribution in [0.5, 0.6) is 0 Å². The van der Waals surface area contributed by atoms with Crippen LogP contribution in [0.1, 0.15) is 0 Å². The highest BCUT2D eigenvalue weighted by atomic mass is 79.9. The predicted molar refractivity (Wildman–Crippen MR) is 96.2 cm³/mol. The number of nitrogens with one attached hydrogen (secondary N) is 1. The van der Waals surface area contributed by atoms with Gasteiger partial charge in [-0.05, 0) is 41.3 Å². The molecule has 4 rings (SSSR count). The van der Waals surface area contributed by atoms with Gasteiger partial charge in [0.15, 0.2) is 0 Å². The summed E-state index contributed by atoms with van der Waals surface area (Å²) in [6.07, 6.45) is 0. The Morgan fingerprint density at radius 2 is 1.68 bits per heavy atom. The summed E-state index contributed by atoms with van der Waals surface area (Å²) < 4.78 is 6.64. The number of anilines is 2. The highest BCUT2D eigenvalue weighted by molar-refractivity contribution is 9.10. The fourth-order valence-corrected chi connectivity index (χ4v) is 3.49. The summed E-state index contributed by atoms with van der Waals surface area (Å²) in [6, 6.07) is 20.1. The van der Waals surface area contributed by atoms with Crippen molar-refractivity contribution in [3.63, 3.8) is 0 Å². The topological polar surface area (TPSA) is 25.2 Å². The molecule has 4 heteroatoms. The van der Waals surface area contributed by atoms with Crippen LogP contribution in [-0.4, -0.2) is 0 Å². The Bertz CT molecular complexity index is 988. The second kappa shape index (κ2) is 5.34. The molecular weight excluding hydrogens is 362 g/mol. The third-order valence-corrected chi connectivity index (χ3v) is 4.59. The molecule has 0 aliphatic carbocycles. The maximum absolute atomic E-state index is 6.27. The lowest BCUT2D eigenvalue weighted by Gasteiger charge is -2.10. The number of hydrogen-bond acceptors (Lipinski definition) is 2. The third kappa shape index (κ3) is 2.18. The lowest BCUT2D eigenvalue weighted by Crippen LogP contribution is -1.91. The van der Waals surface area contributed by atoms with Crippen molar-refractivity contribution in [2.75, 3.05) is 5.32 Å². The highest BCUT2D eigenvalue weighted by Crippen LogP contribution is 2.39. The van der Waals surface area contributed by atoms with Crippen molar-refractivity contribution in [1.29, 1.82) is 0 Å². The molecule has 3 aromatic carbocycles. The number of benzene rings is 3. The first kappa shape index (κ1) is 13.7. The molecule has 0 radical (unpaired) electrons. The molecule has 0 aliphatic heterocycles. The maximum atomic E-state index is 6.27. The van der Waals surface area contributed by atoms with Crippen molar-refractivity contribution in [3.8, 4) is 0 Å². The Hall–Kier alpha value is -1.97. The summed E-state index contributed by atoms with van der Waals surface area (Å²) in [5.74, 6) is 0. The first-order valence-electron chi connectivity index (χ1n) is 6.85. The van der Waals surface area contributed by atoms with Gasteiger partial charge in [-0.25, -0.2) is 0 Å². The van der Waals surface area contributed by atoms with Gasteiger partial charge in [0.1, 0.15) is 11.3 Å². The standard InChI is InChI=1S/C18H11BrClNO/c19-13-8-3-5-11-6-4-9-14(16(11)13)21-17-12-7-1-2-10-15(12)22-18(17)20/h1-10,21H. The Morgan fingerprint density at radius 1 is 0.909 bits per heavy atom. The van der Waals surface area contributed by atoms with E-state index in [1.165, 1.54) is 0 Å². The summed E-state index contributed by atoms with van der Waals surface area (Å²) >= 11 is 9.89. The first-order chi connectivity index (χ1) is 10.7. The van der Waals surface area contributed by atoms with Crippen LogP contribution in [0.3, 0.4) is 0 Å². The molecule has 0 spiro atoms. The van der Waals surface area contributed by atoms with Crippen molar-refractivity contribution in [2.24, 2.45) is 0 Å². The van der Waals surface area contributed by atoms with E-state index in [-0.39, 0.29) is 0 Å². The number of furan rings is 1. The molecule has 0 saturated heterocycles. The Balaban J connectivity index is 1.92. The minimum absolute atomic E-state index is 0.366. The molecule has 0 bridgehead atoms.